The molecule has 36 heavy (non-hydrogen) atoms. The molecule has 0 spiro atoms. The zero-order chi connectivity index (χ0) is 25.8. The van der Waals surface area contributed by atoms with Gasteiger partial charge in [0.1, 0.15) is 11.8 Å². The highest BCUT2D eigenvalue weighted by Gasteiger charge is 2.45. The number of rotatable bonds is 9. The maximum absolute atomic E-state index is 13.1. The molecule has 10 heteroatoms. The number of hydrogen-bond donors (Lipinski definition) is 3. The van der Waals surface area contributed by atoms with Gasteiger partial charge in [0.15, 0.2) is 0 Å². The molecule has 0 unspecified atom stereocenters. The van der Waals surface area contributed by atoms with Crippen LogP contribution in [0.5, 0.6) is 5.75 Å². The number of ether oxygens (including phenoxy) is 1. The van der Waals surface area contributed by atoms with Gasteiger partial charge in [-0.3, -0.25) is 34.2 Å². The molecule has 2 aliphatic rings. The van der Waals surface area contributed by atoms with Gasteiger partial charge in [0.25, 0.3) is 11.8 Å². The zero-order valence-corrected chi connectivity index (χ0v) is 20.1. The highest BCUT2D eigenvalue weighted by Crippen LogP contribution is 2.32. The first-order chi connectivity index (χ1) is 17.3. The lowest BCUT2D eigenvalue weighted by atomic mass is 10.0. The molecule has 10 nitrogen and oxygen atoms in total. The van der Waals surface area contributed by atoms with Crippen LogP contribution in [0.25, 0.3) is 0 Å². The molecule has 2 aromatic carbocycles. The van der Waals surface area contributed by atoms with Crippen molar-refractivity contribution in [2.24, 2.45) is 0 Å². The van der Waals surface area contributed by atoms with Gasteiger partial charge in [-0.15, -0.1) is 0 Å². The highest BCUT2D eigenvalue weighted by molar-refractivity contribution is 6.25. The lowest BCUT2D eigenvalue weighted by molar-refractivity contribution is -0.136. The van der Waals surface area contributed by atoms with Gasteiger partial charge in [-0.25, -0.2) is 0 Å². The minimum Gasteiger partial charge on any atom is -0.494 e. The molecule has 0 aromatic heterocycles. The predicted molar refractivity (Wildman–Crippen MR) is 130 cm³/mol. The van der Waals surface area contributed by atoms with Crippen LogP contribution in [0.2, 0.25) is 0 Å². The lowest BCUT2D eigenvalue weighted by Crippen LogP contribution is -2.54. The maximum atomic E-state index is 13.1. The SMILES string of the molecule is CC(=O)N[C@H](C)c1ccc(OCCCNc2cccc3c2C(=O)N([C@@H]2CCC(=O)NC2=O)C3=O)cc1. The third kappa shape index (κ3) is 5.22. The van der Waals surface area contributed by atoms with Crippen molar-refractivity contribution in [1.29, 1.82) is 0 Å². The minimum absolute atomic E-state index is 0.0754. The molecule has 1 saturated heterocycles. The number of benzene rings is 2. The van der Waals surface area contributed by atoms with Crippen LogP contribution >= 0.6 is 0 Å². The quantitative estimate of drug-likeness (QED) is 0.361. The van der Waals surface area contributed by atoms with Crippen LogP contribution in [0.15, 0.2) is 42.5 Å². The third-order valence-electron chi connectivity index (χ3n) is 6.17. The number of piperidine rings is 1. The molecular formula is C26H28N4O6. The summed E-state index contributed by atoms with van der Waals surface area (Å²) in [6, 6.07) is 11.4. The molecule has 0 bridgehead atoms. The molecule has 2 heterocycles. The molecular weight excluding hydrogens is 464 g/mol. The largest absolute Gasteiger partial charge is 0.494 e. The van der Waals surface area contributed by atoms with Gasteiger partial charge < -0.3 is 15.4 Å². The number of nitrogens with zero attached hydrogens (tertiary/aromatic N) is 1. The summed E-state index contributed by atoms with van der Waals surface area (Å²) in [5.74, 6) is -1.51. The van der Waals surface area contributed by atoms with E-state index < -0.39 is 29.7 Å². The van der Waals surface area contributed by atoms with Crippen molar-refractivity contribution in [1.82, 2.24) is 15.5 Å². The average Bonchev–Trinajstić information content (AvgIpc) is 3.09. The minimum atomic E-state index is -0.996. The summed E-state index contributed by atoms with van der Waals surface area (Å²) in [6.07, 6.45) is 0.821. The third-order valence-corrected chi connectivity index (χ3v) is 6.17. The number of amides is 5. The summed E-state index contributed by atoms with van der Waals surface area (Å²) in [5.41, 5.74) is 1.95. The Bertz CT molecular complexity index is 1210. The van der Waals surface area contributed by atoms with E-state index in [0.717, 1.165) is 10.5 Å². The van der Waals surface area contributed by atoms with E-state index in [2.05, 4.69) is 16.0 Å². The molecule has 4 rings (SSSR count). The molecule has 1 fully saturated rings. The molecule has 2 atom stereocenters. The second kappa shape index (κ2) is 10.6. The van der Waals surface area contributed by atoms with Crippen LogP contribution in [0.1, 0.15) is 65.4 Å². The van der Waals surface area contributed by atoms with E-state index in [-0.39, 0.29) is 35.9 Å². The molecule has 0 saturated carbocycles. The summed E-state index contributed by atoms with van der Waals surface area (Å²) in [7, 11) is 0. The fourth-order valence-electron chi connectivity index (χ4n) is 4.39. The summed E-state index contributed by atoms with van der Waals surface area (Å²) in [6.45, 7) is 4.31. The number of nitrogens with one attached hydrogen (secondary N) is 3. The van der Waals surface area contributed by atoms with Gasteiger partial charge in [-0.05, 0) is 49.6 Å². The van der Waals surface area contributed by atoms with Crippen LogP contribution in [-0.4, -0.2) is 53.6 Å². The van der Waals surface area contributed by atoms with Crippen molar-refractivity contribution in [3.63, 3.8) is 0 Å². The van der Waals surface area contributed by atoms with E-state index in [0.29, 0.717) is 31.0 Å². The fraction of sp³-hybridized carbons (Fsp3) is 0.346. The Labute approximate surface area is 208 Å². The summed E-state index contributed by atoms with van der Waals surface area (Å²) >= 11 is 0. The zero-order valence-electron chi connectivity index (χ0n) is 20.1. The number of fused-ring (bicyclic) bond motifs is 1. The Balaban J connectivity index is 1.31. The van der Waals surface area contributed by atoms with Crippen LogP contribution in [0.3, 0.4) is 0 Å². The topological polar surface area (TPSA) is 134 Å². The molecule has 0 radical (unpaired) electrons. The summed E-state index contributed by atoms with van der Waals surface area (Å²) in [5, 5.41) is 8.22. The van der Waals surface area contributed by atoms with Crippen molar-refractivity contribution in [3.05, 3.63) is 59.2 Å². The normalized spacial score (nSPS) is 17.9. The van der Waals surface area contributed by atoms with Crippen molar-refractivity contribution in [3.8, 4) is 5.75 Å². The van der Waals surface area contributed by atoms with Crippen molar-refractivity contribution in [2.75, 3.05) is 18.5 Å². The Morgan fingerprint density at radius 1 is 1.11 bits per heavy atom. The first-order valence-corrected chi connectivity index (χ1v) is 11.8. The van der Waals surface area contributed by atoms with Crippen LogP contribution < -0.4 is 20.7 Å². The first kappa shape index (κ1) is 24.9. The Morgan fingerprint density at radius 2 is 1.86 bits per heavy atom. The monoisotopic (exact) mass is 492 g/mol. The van der Waals surface area contributed by atoms with Gasteiger partial charge in [0.05, 0.1) is 23.8 Å². The Hall–Kier alpha value is -4.21. The number of anilines is 1. The van der Waals surface area contributed by atoms with Gasteiger partial charge in [-0.1, -0.05) is 18.2 Å². The summed E-state index contributed by atoms with van der Waals surface area (Å²) in [4.78, 5) is 61.9. The number of carbonyl (C=O) groups is 5. The van der Waals surface area contributed by atoms with E-state index in [1.807, 2.05) is 31.2 Å². The van der Waals surface area contributed by atoms with Crippen LogP contribution in [0.4, 0.5) is 5.69 Å². The van der Waals surface area contributed by atoms with Crippen LogP contribution in [-0.2, 0) is 14.4 Å². The Morgan fingerprint density at radius 3 is 2.56 bits per heavy atom. The molecule has 0 aliphatic carbocycles. The molecule has 2 aromatic rings. The van der Waals surface area contributed by atoms with E-state index >= 15 is 0 Å². The lowest BCUT2D eigenvalue weighted by Gasteiger charge is -2.27. The predicted octanol–water partition coefficient (Wildman–Crippen LogP) is 2.17. The first-order valence-electron chi connectivity index (χ1n) is 11.8. The van der Waals surface area contributed by atoms with E-state index in [9.17, 15) is 24.0 Å². The number of hydrogen-bond acceptors (Lipinski definition) is 7. The highest BCUT2D eigenvalue weighted by atomic mass is 16.5. The smallest absolute Gasteiger partial charge is 0.264 e. The van der Waals surface area contributed by atoms with E-state index in [1.165, 1.54) is 6.92 Å². The Kier molecular flexibility index (Phi) is 7.33. The fourth-order valence-corrected chi connectivity index (χ4v) is 4.39. The van der Waals surface area contributed by atoms with E-state index in [4.69, 9.17) is 4.74 Å². The van der Waals surface area contributed by atoms with Crippen molar-refractivity contribution < 1.29 is 28.7 Å². The molecule has 2 aliphatic heterocycles. The molecule has 5 amide bonds. The maximum Gasteiger partial charge on any atom is 0.264 e. The van der Waals surface area contributed by atoms with E-state index in [1.54, 1.807) is 18.2 Å². The number of imide groups is 2. The second-order valence-corrected chi connectivity index (χ2v) is 8.80. The standard InChI is InChI=1S/C26H28N4O6/c1-15(28-16(2)31)17-7-9-18(10-8-17)36-14-4-13-27-20-6-3-5-19-23(20)26(35)30(25(19)34)21-11-12-22(32)29-24(21)33/h3,5-10,15,21,27H,4,11-14H2,1-2H3,(H,28,31)(H,29,32,33)/t15-,21-/m1/s1. The second-order valence-electron chi connectivity index (χ2n) is 8.80. The number of carbonyl (C=O) groups excluding carboxylic acids is 5. The van der Waals surface area contributed by atoms with Crippen LogP contribution in [0, 0.1) is 0 Å². The van der Waals surface area contributed by atoms with Crippen molar-refractivity contribution >= 4 is 35.2 Å². The van der Waals surface area contributed by atoms with Gasteiger partial charge in [0, 0.05) is 25.6 Å². The van der Waals surface area contributed by atoms with Crippen molar-refractivity contribution in [2.45, 2.75) is 45.2 Å². The average molecular weight is 493 g/mol. The van der Waals surface area contributed by atoms with Gasteiger partial charge in [-0.2, -0.15) is 0 Å². The summed E-state index contributed by atoms with van der Waals surface area (Å²) < 4.78 is 5.78. The molecule has 3 N–H and O–H groups in total. The van der Waals surface area contributed by atoms with Gasteiger partial charge >= 0.3 is 0 Å². The van der Waals surface area contributed by atoms with Gasteiger partial charge in [0.2, 0.25) is 17.7 Å². The molecule has 188 valence electrons.